The van der Waals surface area contributed by atoms with Gasteiger partial charge in [0.15, 0.2) is 0 Å². The van der Waals surface area contributed by atoms with Crippen LogP contribution in [0.5, 0.6) is 0 Å². The van der Waals surface area contributed by atoms with Crippen LogP contribution in [0.2, 0.25) is 0 Å². The molecule has 1 aliphatic rings. The van der Waals surface area contributed by atoms with Crippen molar-refractivity contribution in [2.45, 2.75) is 38.6 Å². The highest BCUT2D eigenvalue weighted by molar-refractivity contribution is 9.09. The molecule has 11 heavy (non-hydrogen) atoms. The summed E-state index contributed by atoms with van der Waals surface area (Å²) >= 11 is 3.59. The highest BCUT2D eigenvalue weighted by Gasteiger charge is 2.17. The first-order valence-electron chi connectivity index (χ1n) is 4.68. The largest absolute Gasteiger partial charge is 0.300 e. The van der Waals surface area contributed by atoms with Crippen LogP contribution in [0.3, 0.4) is 0 Å². The summed E-state index contributed by atoms with van der Waals surface area (Å²) in [7, 11) is 0. The van der Waals surface area contributed by atoms with E-state index in [1.165, 1.54) is 38.8 Å². The van der Waals surface area contributed by atoms with Gasteiger partial charge in [-0.3, -0.25) is 4.90 Å². The van der Waals surface area contributed by atoms with Crippen LogP contribution in [-0.2, 0) is 0 Å². The number of halogens is 1. The zero-order chi connectivity index (χ0) is 8.10. The SMILES string of the molecule is CCN1CCCCCC1CBr. The van der Waals surface area contributed by atoms with Crippen molar-refractivity contribution in [2.24, 2.45) is 0 Å². The number of hydrogen-bond acceptors (Lipinski definition) is 1. The van der Waals surface area contributed by atoms with Crippen LogP contribution in [0.1, 0.15) is 32.6 Å². The molecule has 1 aliphatic heterocycles. The Kier molecular flexibility index (Phi) is 4.46. The van der Waals surface area contributed by atoms with Gasteiger partial charge in [-0.05, 0) is 25.9 Å². The highest BCUT2D eigenvalue weighted by Crippen LogP contribution is 2.17. The Balaban J connectivity index is 2.41. The third-order valence-corrected chi connectivity index (χ3v) is 3.33. The monoisotopic (exact) mass is 219 g/mol. The van der Waals surface area contributed by atoms with Crippen molar-refractivity contribution in [3.63, 3.8) is 0 Å². The van der Waals surface area contributed by atoms with Gasteiger partial charge in [-0.15, -0.1) is 0 Å². The molecule has 0 amide bonds. The van der Waals surface area contributed by atoms with Gasteiger partial charge in [0.25, 0.3) is 0 Å². The summed E-state index contributed by atoms with van der Waals surface area (Å²) in [6.07, 6.45) is 5.64. The molecule has 0 N–H and O–H groups in total. The van der Waals surface area contributed by atoms with Gasteiger partial charge in [0.1, 0.15) is 0 Å². The molecule has 2 heteroatoms. The maximum atomic E-state index is 3.59. The standard InChI is InChI=1S/C9H18BrN/c1-2-11-7-5-3-4-6-9(11)8-10/h9H,2-8H2,1H3. The van der Waals surface area contributed by atoms with Crippen molar-refractivity contribution in [2.75, 3.05) is 18.4 Å². The molecule has 0 bridgehead atoms. The second-order valence-electron chi connectivity index (χ2n) is 3.29. The maximum Gasteiger partial charge on any atom is 0.0192 e. The Hall–Kier alpha value is 0.440. The van der Waals surface area contributed by atoms with E-state index in [0.717, 1.165) is 11.4 Å². The van der Waals surface area contributed by atoms with Gasteiger partial charge in [-0.1, -0.05) is 35.7 Å². The van der Waals surface area contributed by atoms with E-state index < -0.39 is 0 Å². The van der Waals surface area contributed by atoms with Crippen molar-refractivity contribution >= 4 is 15.9 Å². The molecule has 0 aromatic rings. The fourth-order valence-electron chi connectivity index (χ4n) is 1.83. The second-order valence-corrected chi connectivity index (χ2v) is 3.93. The molecular weight excluding hydrogens is 202 g/mol. The Morgan fingerprint density at radius 1 is 1.36 bits per heavy atom. The highest BCUT2D eigenvalue weighted by atomic mass is 79.9. The van der Waals surface area contributed by atoms with E-state index >= 15 is 0 Å². The number of likely N-dealkylation sites (tertiary alicyclic amines) is 1. The summed E-state index contributed by atoms with van der Waals surface area (Å²) in [6.45, 7) is 4.80. The topological polar surface area (TPSA) is 3.24 Å². The van der Waals surface area contributed by atoms with Crippen molar-refractivity contribution < 1.29 is 0 Å². The lowest BCUT2D eigenvalue weighted by molar-refractivity contribution is 0.230. The van der Waals surface area contributed by atoms with Gasteiger partial charge in [0.2, 0.25) is 0 Å². The summed E-state index contributed by atoms with van der Waals surface area (Å²) in [5.41, 5.74) is 0. The Labute approximate surface area is 78.3 Å². The normalized spacial score (nSPS) is 28.4. The lowest BCUT2D eigenvalue weighted by Gasteiger charge is -2.26. The minimum Gasteiger partial charge on any atom is -0.300 e. The van der Waals surface area contributed by atoms with Crippen molar-refractivity contribution in [1.29, 1.82) is 0 Å². The lowest BCUT2D eigenvalue weighted by atomic mass is 10.1. The second kappa shape index (κ2) is 5.15. The number of nitrogens with zero attached hydrogens (tertiary/aromatic N) is 1. The minimum absolute atomic E-state index is 0.808. The molecule has 1 heterocycles. The van der Waals surface area contributed by atoms with Crippen molar-refractivity contribution in [3.8, 4) is 0 Å². The first-order chi connectivity index (χ1) is 5.38. The first kappa shape index (κ1) is 9.53. The zero-order valence-electron chi connectivity index (χ0n) is 7.35. The number of hydrogen-bond donors (Lipinski definition) is 0. The zero-order valence-corrected chi connectivity index (χ0v) is 8.94. The Bertz CT molecular complexity index is 93.7. The number of rotatable bonds is 2. The smallest absolute Gasteiger partial charge is 0.0192 e. The molecular formula is C9H18BrN. The molecule has 0 aromatic carbocycles. The van der Waals surface area contributed by atoms with E-state index in [4.69, 9.17) is 0 Å². The predicted octanol–water partition coefficient (Wildman–Crippen LogP) is 2.65. The van der Waals surface area contributed by atoms with Gasteiger partial charge in [-0.25, -0.2) is 0 Å². The fraction of sp³-hybridized carbons (Fsp3) is 1.00. The molecule has 66 valence electrons. The van der Waals surface area contributed by atoms with E-state index in [0.29, 0.717) is 0 Å². The lowest BCUT2D eigenvalue weighted by Crippen LogP contribution is -2.35. The summed E-state index contributed by atoms with van der Waals surface area (Å²) in [5, 5.41) is 1.15. The first-order valence-corrected chi connectivity index (χ1v) is 5.80. The van der Waals surface area contributed by atoms with Crippen LogP contribution in [0.15, 0.2) is 0 Å². The quantitative estimate of drug-likeness (QED) is 0.646. The molecule has 1 rings (SSSR count). The minimum atomic E-state index is 0.808. The van der Waals surface area contributed by atoms with Crippen LogP contribution in [0.4, 0.5) is 0 Å². The van der Waals surface area contributed by atoms with Gasteiger partial charge < -0.3 is 0 Å². The fourth-order valence-corrected chi connectivity index (χ4v) is 2.56. The molecule has 1 saturated heterocycles. The summed E-state index contributed by atoms with van der Waals surface area (Å²) in [5.74, 6) is 0. The van der Waals surface area contributed by atoms with Crippen molar-refractivity contribution in [3.05, 3.63) is 0 Å². The van der Waals surface area contributed by atoms with Gasteiger partial charge in [0.05, 0.1) is 0 Å². The average molecular weight is 220 g/mol. The maximum absolute atomic E-state index is 3.59. The van der Waals surface area contributed by atoms with Crippen LogP contribution in [0.25, 0.3) is 0 Å². The molecule has 1 nitrogen and oxygen atoms in total. The molecule has 0 spiro atoms. The van der Waals surface area contributed by atoms with Crippen LogP contribution < -0.4 is 0 Å². The van der Waals surface area contributed by atoms with Crippen LogP contribution >= 0.6 is 15.9 Å². The molecule has 0 saturated carbocycles. The predicted molar refractivity (Wildman–Crippen MR) is 53.3 cm³/mol. The summed E-state index contributed by atoms with van der Waals surface area (Å²) in [4.78, 5) is 2.60. The van der Waals surface area contributed by atoms with E-state index in [1.54, 1.807) is 0 Å². The summed E-state index contributed by atoms with van der Waals surface area (Å²) < 4.78 is 0. The third-order valence-electron chi connectivity index (χ3n) is 2.58. The van der Waals surface area contributed by atoms with Crippen molar-refractivity contribution in [1.82, 2.24) is 4.90 Å². The van der Waals surface area contributed by atoms with Gasteiger partial charge in [-0.2, -0.15) is 0 Å². The summed E-state index contributed by atoms with van der Waals surface area (Å²) in [6, 6.07) is 0.808. The van der Waals surface area contributed by atoms with Crippen LogP contribution in [-0.4, -0.2) is 29.4 Å². The van der Waals surface area contributed by atoms with Gasteiger partial charge >= 0.3 is 0 Å². The molecule has 1 fully saturated rings. The Morgan fingerprint density at radius 2 is 2.18 bits per heavy atom. The van der Waals surface area contributed by atoms with Gasteiger partial charge in [0, 0.05) is 11.4 Å². The molecule has 1 atom stereocenters. The Morgan fingerprint density at radius 3 is 2.82 bits per heavy atom. The van der Waals surface area contributed by atoms with E-state index in [9.17, 15) is 0 Å². The van der Waals surface area contributed by atoms with E-state index in [-0.39, 0.29) is 0 Å². The average Bonchev–Trinajstić information content (AvgIpc) is 2.27. The molecule has 0 aliphatic carbocycles. The molecule has 1 unspecified atom stereocenters. The van der Waals surface area contributed by atoms with E-state index in [1.807, 2.05) is 0 Å². The molecule has 0 aromatic heterocycles. The van der Waals surface area contributed by atoms with Crippen LogP contribution in [0, 0.1) is 0 Å². The number of alkyl halides is 1. The third kappa shape index (κ3) is 2.75. The van der Waals surface area contributed by atoms with E-state index in [2.05, 4.69) is 27.8 Å². The molecule has 0 radical (unpaired) electrons.